The Morgan fingerprint density at radius 1 is 1.33 bits per heavy atom. The standard InChI is InChI=1S/C18H17F2N3O2S2/c1-10-13(8-14(26-10)11-5-4-6-12(7-11)25-3)16(24)22-17-21-15(23-27-17)9-18(2,19)20/h4-8H,9H2,1-3H3,(H,21,22,23,24). The fraction of sp³-hybridized carbons (Fsp3) is 0.278. The summed E-state index contributed by atoms with van der Waals surface area (Å²) in [7, 11) is 1.60. The van der Waals surface area contributed by atoms with E-state index >= 15 is 0 Å². The van der Waals surface area contributed by atoms with Crippen molar-refractivity contribution in [3.05, 3.63) is 46.6 Å². The van der Waals surface area contributed by atoms with Gasteiger partial charge in [-0.15, -0.1) is 11.3 Å². The van der Waals surface area contributed by atoms with Crippen LogP contribution in [-0.2, 0) is 6.42 Å². The van der Waals surface area contributed by atoms with Crippen LogP contribution in [0.3, 0.4) is 0 Å². The number of rotatable bonds is 6. The van der Waals surface area contributed by atoms with Gasteiger partial charge in [0.1, 0.15) is 5.75 Å². The van der Waals surface area contributed by atoms with Crippen LogP contribution in [0, 0.1) is 6.92 Å². The SMILES string of the molecule is COc1cccc(-c2cc(C(=O)Nc3nc(CC(C)(F)F)ns3)c(C)s2)c1. The molecule has 0 fully saturated rings. The maximum Gasteiger partial charge on any atom is 0.258 e. The van der Waals surface area contributed by atoms with E-state index in [1.807, 2.05) is 31.2 Å². The van der Waals surface area contributed by atoms with Gasteiger partial charge in [0, 0.05) is 21.3 Å². The lowest BCUT2D eigenvalue weighted by Gasteiger charge is -2.05. The normalized spacial score (nSPS) is 11.4. The summed E-state index contributed by atoms with van der Waals surface area (Å²) in [6.45, 7) is 2.66. The predicted octanol–water partition coefficient (Wildman–Crippen LogP) is 5.03. The van der Waals surface area contributed by atoms with Crippen LogP contribution in [0.5, 0.6) is 5.75 Å². The lowest BCUT2D eigenvalue weighted by molar-refractivity contribution is 0.0209. The molecule has 0 unspecified atom stereocenters. The Morgan fingerprint density at radius 3 is 2.81 bits per heavy atom. The van der Waals surface area contributed by atoms with Gasteiger partial charge in [-0.2, -0.15) is 4.37 Å². The van der Waals surface area contributed by atoms with Crippen LogP contribution in [0.4, 0.5) is 13.9 Å². The van der Waals surface area contributed by atoms with Crippen molar-refractivity contribution in [1.82, 2.24) is 9.36 Å². The number of nitrogens with one attached hydrogen (secondary N) is 1. The summed E-state index contributed by atoms with van der Waals surface area (Å²) < 4.78 is 35.2. The van der Waals surface area contributed by atoms with E-state index < -0.39 is 12.3 Å². The van der Waals surface area contributed by atoms with Crippen molar-refractivity contribution in [3.63, 3.8) is 0 Å². The number of amides is 1. The molecule has 9 heteroatoms. The number of hydrogen-bond donors (Lipinski definition) is 1. The lowest BCUT2D eigenvalue weighted by Crippen LogP contribution is -2.15. The van der Waals surface area contributed by atoms with Crippen LogP contribution in [-0.4, -0.2) is 28.3 Å². The number of aryl methyl sites for hydroxylation is 1. The molecule has 0 aliphatic rings. The molecule has 0 aliphatic carbocycles. The molecule has 0 radical (unpaired) electrons. The summed E-state index contributed by atoms with van der Waals surface area (Å²) in [4.78, 5) is 18.3. The zero-order valence-corrected chi connectivity index (χ0v) is 16.5. The highest BCUT2D eigenvalue weighted by atomic mass is 32.1. The molecular formula is C18H17F2N3O2S2. The number of methoxy groups -OCH3 is 1. The largest absolute Gasteiger partial charge is 0.497 e. The first-order chi connectivity index (χ1) is 12.7. The summed E-state index contributed by atoms with van der Waals surface area (Å²) in [6.07, 6.45) is -0.559. The van der Waals surface area contributed by atoms with Gasteiger partial charge in [-0.25, -0.2) is 13.8 Å². The Morgan fingerprint density at radius 2 is 2.11 bits per heavy atom. The van der Waals surface area contributed by atoms with Crippen molar-refractivity contribution < 1.29 is 18.3 Å². The van der Waals surface area contributed by atoms with Gasteiger partial charge in [0.15, 0.2) is 5.82 Å². The summed E-state index contributed by atoms with van der Waals surface area (Å²) in [5.74, 6) is -2.48. The molecule has 142 valence electrons. The molecule has 1 N–H and O–H groups in total. The van der Waals surface area contributed by atoms with Gasteiger partial charge in [0.2, 0.25) is 5.13 Å². The molecule has 27 heavy (non-hydrogen) atoms. The van der Waals surface area contributed by atoms with Gasteiger partial charge in [-0.05, 0) is 37.6 Å². The number of benzene rings is 1. The first kappa shape index (κ1) is 19.4. The third kappa shape index (κ3) is 4.86. The maximum atomic E-state index is 13.0. The fourth-order valence-corrected chi connectivity index (χ4v) is 4.04. The highest BCUT2D eigenvalue weighted by Gasteiger charge is 2.25. The zero-order chi connectivity index (χ0) is 19.6. The number of alkyl halides is 2. The molecule has 0 saturated heterocycles. The van der Waals surface area contributed by atoms with E-state index in [1.54, 1.807) is 13.2 Å². The van der Waals surface area contributed by atoms with Crippen LogP contribution in [0.1, 0.15) is 28.0 Å². The maximum absolute atomic E-state index is 13.0. The van der Waals surface area contributed by atoms with E-state index in [0.29, 0.717) is 5.56 Å². The van der Waals surface area contributed by atoms with Crippen molar-refractivity contribution in [1.29, 1.82) is 0 Å². The quantitative estimate of drug-likeness (QED) is 0.620. The van der Waals surface area contributed by atoms with E-state index in [4.69, 9.17) is 4.74 Å². The molecule has 2 aromatic heterocycles. The van der Waals surface area contributed by atoms with Gasteiger partial charge < -0.3 is 4.74 Å². The number of ether oxygens (including phenoxy) is 1. The second kappa shape index (κ2) is 7.69. The molecule has 0 aliphatic heterocycles. The van der Waals surface area contributed by atoms with Gasteiger partial charge in [0.05, 0.1) is 19.1 Å². The monoisotopic (exact) mass is 409 g/mol. The molecule has 0 saturated carbocycles. The number of thiophene rings is 1. The molecule has 1 aromatic carbocycles. The smallest absolute Gasteiger partial charge is 0.258 e. The van der Waals surface area contributed by atoms with Crippen molar-refractivity contribution in [2.75, 3.05) is 12.4 Å². The van der Waals surface area contributed by atoms with Crippen LogP contribution in [0.25, 0.3) is 10.4 Å². The van der Waals surface area contributed by atoms with Gasteiger partial charge in [-0.1, -0.05) is 12.1 Å². The summed E-state index contributed by atoms with van der Waals surface area (Å²) in [5, 5.41) is 2.84. The second-order valence-electron chi connectivity index (χ2n) is 6.03. The van der Waals surface area contributed by atoms with Crippen molar-refractivity contribution in [2.45, 2.75) is 26.2 Å². The van der Waals surface area contributed by atoms with Crippen LogP contribution in [0.2, 0.25) is 0 Å². The average Bonchev–Trinajstić information content (AvgIpc) is 3.19. The van der Waals surface area contributed by atoms with E-state index in [1.165, 1.54) is 11.3 Å². The molecule has 0 spiro atoms. The molecule has 2 heterocycles. The van der Waals surface area contributed by atoms with E-state index in [0.717, 1.165) is 39.5 Å². The number of carbonyl (C=O) groups excluding carboxylic acids is 1. The van der Waals surface area contributed by atoms with E-state index in [2.05, 4.69) is 14.7 Å². The fourth-order valence-electron chi connectivity index (χ4n) is 2.44. The van der Waals surface area contributed by atoms with Crippen molar-refractivity contribution >= 4 is 33.9 Å². The number of anilines is 1. The Hall–Kier alpha value is -2.39. The summed E-state index contributed by atoms with van der Waals surface area (Å²) in [5.41, 5.74) is 1.46. The Bertz CT molecular complexity index is 964. The third-order valence-electron chi connectivity index (χ3n) is 3.67. The van der Waals surface area contributed by atoms with E-state index in [9.17, 15) is 13.6 Å². The van der Waals surface area contributed by atoms with Crippen LogP contribution < -0.4 is 10.1 Å². The highest BCUT2D eigenvalue weighted by molar-refractivity contribution is 7.15. The van der Waals surface area contributed by atoms with E-state index in [-0.39, 0.29) is 16.9 Å². The number of nitrogens with zero attached hydrogens (tertiary/aromatic N) is 2. The van der Waals surface area contributed by atoms with Crippen molar-refractivity contribution in [3.8, 4) is 16.2 Å². The topological polar surface area (TPSA) is 64.1 Å². The Kier molecular flexibility index (Phi) is 5.52. The van der Waals surface area contributed by atoms with Gasteiger partial charge in [-0.3, -0.25) is 10.1 Å². The van der Waals surface area contributed by atoms with Gasteiger partial charge in [0.25, 0.3) is 11.8 Å². The minimum absolute atomic E-state index is 0.0157. The first-order valence-corrected chi connectivity index (χ1v) is 9.61. The number of halogens is 2. The highest BCUT2D eigenvalue weighted by Crippen LogP contribution is 2.33. The second-order valence-corrected chi connectivity index (χ2v) is 8.04. The Balaban J connectivity index is 1.77. The summed E-state index contributed by atoms with van der Waals surface area (Å²) >= 11 is 2.38. The van der Waals surface area contributed by atoms with Crippen LogP contribution >= 0.6 is 22.9 Å². The summed E-state index contributed by atoms with van der Waals surface area (Å²) in [6, 6.07) is 9.37. The third-order valence-corrected chi connectivity index (χ3v) is 5.44. The Labute approximate surface area is 163 Å². The van der Waals surface area contributed by atoms with Crippen LogP contribution in [0.15, 0.2) is 30.3 Å². The molecule has 1 amide bonds. The average molecular weight is 409 g/mol. The molecule has 5 nitrogen and oxygen atoms in total. The van der Waals surface area contributed by atoms with Gasteiger partial charge >= 0.3 is 0 Å². The first-order valence-electron chi connectivity index (χ1n) is 8.02. The molecule has 0 bridgehead atoms. The molecule has 0 atom stereocenters. The molecular weight excluding hydrogens is 392 g/mol. The van der Waals surface area contributed by atoms with Crippen molar-refractivity contribution in [2.24, 2.45) is 0 Å². The molecule has 3 rings (SSSR count). The lowest BCUT2D eigenvalue weighted by atomic mass is 10.1. The zero-order valence-electron chi connectivity index (χ0n) is 14.9. The predicted molar refractivity (Wildman–Crippen MR) is 103 cm³/mol. The number of carbonyl (C=O) groups is 1. The minimum Gasteiger partial charge on any atom is -0.497 e. The number of aromatic nitrogens is 2. The molecule has 3 aromatic rings. The minimum atomic E-state index is -2.89. The number of hydrogen-bond acceptors (Lipinski definition) is 6.